The van der Waals surface area contributed by atoms with Crippen molar-refractivity contribution in [2.75, 3.05) is 40.0 Å². The van der Waals surface area contributed by atoms with Gasteiger partial charge in [-0.25, -0.2) is 4.99 Å². The standard InChI is InChI=1S/C19H35N5O2.HI/c1-6-20-19(21-14-18-15(2)22-23(4)16(18)3)24-10-8-17(9-11-24)26-13-7-12-25-5;/h17H,6-14H2,1-5H3,(H,20,21);1H. The second kappa shape index (κ2) is 12.6. The monoisotopic (exact) mass is 493 g/mol. The summed E-state index contributed by atoms with van der Waals surface area (Å²) in [6.07, 6.45) is 3.41. The van der Waals surface area contributed by atoms with Gasteiger partial charge >= 0.3 is 0 Å². The Labute approximate surface area is 180 Å². The maximum Gasteiger partial charge on any atom is 0.194 e. The van der Waals surface area contributed by atoms with Crippen molar-refractivity contribution in [1.29, 1.82) is 0 Å². The van der Waals surface area contributed by atoms with Crippen LogP contribution in [0.1, 0.15) is 43.1 Å². The molecule has 1 aliphatic rings. The Kier molecular flexibility index (Phi) is 11.2. The van der Waals surface area contributed by atoms with E-state index in [0.717, 1.165) is 63.8 Å². The van der Waals surface area contributed by atoms with Gasteiger partial charge in [0.25, 0.3) is 0 Å². The van der Waals surface area contributed by atoms with Crippen molar-refractivity contribution in [3.8, 4) is 0 Å². The molecule has 0 amide bonds. The van der Waals surface area contributed by atoms with Gasteiger partial charge in [0.1, 0.15) is 0 Å². The van der Waals surface area contributed by atoms with E-state index in [2.05, 4.69) is 36.1 Å². The Morgan fingerprint density at radius 3 is 2.52 bits per heavy atom. The molecule has 2 heterocycles. The summed E-state index contributed by atoms with van der Waals surface area (Å²) in [5.41, 5.74) is 3.47. The molecule has 0 aromatic carbocycles. The molecule has 0 unspecified atom stereocenters. The van der Waals surface area contributed by atoms with Crippen LogP contribution in [-0.4, -0.2) is 66.7 Å². The highest BCUT2D eigenvalue weighted by Gasteiger charge is 2.22. The van der Waals surface area contributed by atoms with Crippen molar-refractivity contribution in [3.05, 3.63) is 17.0 Å². The van der Waals surface area contributed by atoms with Gasteiger partial charge < -0.3 is 19.7 Å². The van der Waals surface area contributed by atoms with Crippen molar-refractivity contribution in [2.24, 2.45) is 12.0 Å². The van der Waals surface area contributed by atoms with Crippen molar-refractivity contribution < 1.29 is 9.47 Å². The number of halogens is 1. The molecule has 1 aromatic heterocycles. The SMILES string of the molecule is CCNC(=NCc1c(C)nn(C)c1C)N1CCC(OCCCOC)CC1.I. The molecule has 8 heteroatoms. The van der Waals surface area contributed by atoms with E-state index in [-0.39, 0.29) is 24.0 Å². The number of ether oxygens (including phenoxy) is 2. The van der Waals surface area contributed by atoms with Gasteiger partial charge in [-0.15, -0.1) is 24.0 Å². The summed E-state index contributed by atoms with van der Waals surface area (Å²) in [6, 6.07) is 0. The maximum atomic E-state index is 5.96. The molecule has 1 fully saturated rings. The minimum atomic E-state index is 0. The summed E-state index contributed by atoms with van der Waals surface area (Å²) in [5, 5.41) is 7.92. The molecule has 7 nitrogen and oxygen atoms in total. The quantitative estimate of drug-likeness (QED) is 0.261. The van der Waals surface area contributed by atoms with Gasteiger partial charge in [-0.05, 0) is 40.0 Å². The molecule has 0 spiro atoms. The molecule has 0 bridgehead atoms. The lowest BCUT2D eigenvalue weighted by molar-refractivity contribution is 0.00990. The van der Waals surface area contributed by atoms with Crippen molar-refractivity contribution in [2.45, 2.75) is 52.7 Å². The van der Waals surface area contributed by atoms with Crippen LogP contribution < -0.4 is 5.32 Å². The lowest BCUT2D eigenvalue weighted by atomic mass is 10.1. The second-order valence-electron chi connectivity index (χ2n) is 6.85. The molecule has 0 aliphatic carbocycles. The molecule has 1 N–H and O–H groups in total. The summed E-state index contributed by atoms with van der Waals surface area (Å²) in [5.74, 6) is 0.994. The van der Waals surface area contributed by atoms with E-state index in [4.69, 9.17) is 14.5 Å². The number of nitrogens with zero attached hydrogens (tertiary/aromatic N) is 4. The fourth-order valence-electron chi connectivity index (χ4n) is 3.31. The van der Waals surface area contributed by atoms with Crippen LogP contribution in [0.25, 0.3) is 0 Å². The van der Waals surface area contributed by atoms with Crippen LogP contribution in [0.4, 0.5) is 0 Å². The molecular weight excluding hydrogens is 457 g/mol. The first-order valence-electron chi connectivity index (χ1n) is 9.69. The van der Waals surface area contributed by atoms with Crippen LogP contribution in [0.5, 0.6) is 0 Å². The first-order valence-corrected chi connectivity index (χ1v) is 9.69. The first kappa shape index (κ1) is 24.2. The number of aliphatic imine (C=N–C) groups is 1. The highest BCUT2D eigenvalue weighted by molar-refractivity contribution is 14.0. The highest BCUT2D eigenvalue weighted by Crippen LogP contribution is 2.16. The third kappa shape index (κ3) is 7.23. The maximum absolute atomic E-state index is 5.96. The number of hydrogen-bond donors (Lipinski definition) is 1. The zero-order chi connectivity index (χ0) is 18.9. The Morgan fingerprint density at radius 2 is 1.96 bits per heavy atom. The van der Waals surface area contributed by atoms with Gasteiger partial charge in [-0.1, -0.05) is 0 Å². The van der Waals surface area contributed by atoms with Crippen molar-refractivity contribution >= 4 is 29.9 Å². The summed E-state index contributed by atoms with van der Waals surface area (Å²) in [6.45, 7) is 11.3. The lowest BCUT2D eigenvalue weighted by Gasteiger charge is -2.34. The molecular formula is C19H36IN5O2. The summed E-state index contributed by atoms with van der Waals surface area (Å²) < 4.78 is 13.0. The van der Waals surface area contributed by atoms with Gasteiger partial charge in [0.15, 0.2) is 5.96 Å². The topological polar surface area (TPSA) is 63.9 Å². The number of piperidine rings is 1. The lowest BCUT2D eigenvalue weighted by Crippen LogP contribution is -2.47. The third-order valence-corrected chi connectivity index (χ3v) is 4.97. The van der Waals surface area contributed by atoms with E-state index in [1.807, 2.05) is 11.7 Å². The molecule has 0 saturated carbocycles. The zero-order valence-electron chi connectivity index (χ0n) is 17.5. The molecule has 0 radical (unpaired) electrons. The molecule has 2 rings (SSSR count). The Balaban J connectivity index is 0.00000364. The largest absolute Gasteiger partial charge is 0.385 e. The number of aryl methyl sites for hydroxylation is 2. The predicted octanol–water partition coefficient (Wildman–Crippen LogP) is 2.64. The molecule has 156 valence electrons. The number of hydrogen-bond acceptors (Lipinski definition) is 4. The van der Waals surface area contributed by atoms with Gasteiger partial charge in [-0.2, -0.15) is 5.10 Å². The normalized spacial score (nSPS) is 15.7. The molecule has 27 heavy (non-hydrogen) atoms. The number of likely N-dealkylation sites (tertiary alicyclic amines) is 1. The Morgan fingerprint density at radius 1 is 1.26 bits per heavy atom. The van der Waals surface area contributed by atoms with Crippen LogP contribution in [-0.2, 0) is 23.1 Å². The van der Waals surface area contributed by atoms with E-state index >= 15 is 0 Å². The minimum absolute atomic E-state index is 0. The summed E-state index contributed by atoms with van der Waals surface area (Å²) in [4.78, 5) is 7.22. The van der Waals surface area contributed by atoms with Crippen LogP contribution in [0.15, 0.2) is 4.99 Å². The molecule has 1 aliphatic heterocycles. The molecule has 0 atom stereocenters. The summed E-state index contributed by atoms with van der Waals surface area (Å²) in [7, 11) is 3.72. The van der Waals surface area contributed by atoms with Gasteiger partial charge in [0.2, 0.25) is 0 Å². The van der Waals surface area contributed by atoms with Crippen LogP contribution in [0.3, 0.4) is 0 Å². The van der Waals surface area contributed by atoms with E-state index in [1.54, 1.807) is 7.11 Å². The number of nitrogens with one attached hydrogen (secondary N) is 1. The number of guanidine groups is 1. The zero-order valence-corrected chi connectivity index (χ0v) is 19.8. The van der Waals surface area contributed by atoms with E-state index < -0.39 is 0 Å². The highest BCUT2D eigenvalue weighted by atomic mass is 127. The number of rotatable bonds is 8. The summed E-state index contributed by atoms with van der Waals surface area (Å²) >= 11 is 0. The van der Waals surface area contributed by atoms with Crippen LogP contribution in [0, 0.1) is 13.8 Å². The van der Waals surface area contributed by atoms with E-state index in [0.29, 0.717) is 12.6 Å². The Bertz CT molecular complexity index is 583. The smallest absolute Gasteiger partial charge is 0.194 e. The average molecular weight is 493 g/mol. The first-order chi connectivity index (χ1) is 12.6. The number of aromatic nitrogens is 2. The molecule has 1 aromatic rings. The minimum Gasteiger partial charge on any atom is -0.385 e. The second-order valence-corrected chi connectivity index (χ2v) is 6.85. The molecule has 1 saturated heterocycles. The van der Waals surface area contributed by atoms with E-state index in [9.17, 15) is 0 Å². The average Bonchev–Trinajstić information content (AvgIpc) is 2.88. The van der Waals surface area contributed by atoms with Crippen molar-refractivity contribution in [3.63, 3.8) is 0 Å². The van der Waals surface area contributed by atoms with Crippen LogP contribution >= 0.6 is 24.0 Å². The van der Waals surface area contributed by atoms with Gasteiger partial charge in [0, 0.05) is 58.3 Å². The van der Waals surface area contributed by atoms with Gasteiger partial charge in [-0.3, -0.25) is 4.68 Å². The number of methoxy groups -OCH3 is 1. The predicted molar refractivity (Wildman–Crippen MR) is 120 cm³/mol. The van der Waals surface area contributed by atoms with Gasteiger partial charge in [0.05, 0.1) is 18.3 Å². The van der Waals surface area contributed by atoms with Crippen molar-refractivity contribution in [1.82, 2.24) is 20.0 Å². The van der Waals surface area contributed by atoms with Crippen LogP contribution in [0.2, 0.25) is 0 Å². The third-order valence-electron chi connectivity index (χ3n) is 4.97. The fourth-order valence-corrected chi connectivity index (χ4v) is 3.31. The Hall–Kier alpha value is -0.870. The fraction of sp³-hybridized carbons (Fsp3) is 0.789. The van der Waals surface area contributed by atoms with E-state index in [1.165, 1.54) is 11.3 Å².